The lowest BCUT2D eigenvalue weighted by molar-refractivity contribution is -0.143. The van der Waals surface area contributed by atoms with Crippen molar-refractivity contribution in [1.82, 2.24) is 10.6 Å². The standard InChI is InChI=1S/C22H24ClN3O5/c1-13-5-3-8-17(23)19(13)21(29)26-18(22(30)31-2)10-9-16(27)12-25-20(28)14-6-4-7-15(24)11-14/h3-8,11,18H,9-10,12,24H2,1-2H3,(H,25,28)(H,26,29)/t18-/m0/s1. The number of benzene rings is 2. The second-order valence-corrected chi connectivity index (χ2v) is 7.27. The van der Waals surface area contributed by atoms with Gasteiger partial charge < -0.3 is 21.1 Å². The van der Waals surface area contributed by atoms with Crippen LogP contribution in [0.1, 0.15) is 39.1 Å². The van der Waals surface area contributed by atoms with Crippen molar-refractivity contribution in [3.8, 4) is 0 Å². The molecule has 0 aromatic heterocycles. The van der Waals surface area contributed by atoms with Gasteiger partial charge in [0.15, 0.2) is 5.78 Å². The fraction of sp³-hybridized carbons (Fsp3) is 0.273. The zero-order valence-electron chi connectivity index (χ0n) is 17.2. The number of carbonyl (C=O) groups is 4. The number of ketones is 1. The third-order valence-corrected chi connectivity index (χ3v) is 4.86. The largest absolute Gasteiger partial charge is 0.467 e. The molecule has 31 heavy (non-hydrogen) atoms. The summed E-state index contributed by atoms with van der Waals surface area (Å²) in [7, 11) is 1.19. The molecule has 0 aliphatic heterocycles. The van der Waals surface area contributed by atoms with E-state index in [0.717, 1.165) is 0 Å². The molecule has 0 aliphatic carbocycles. The van der Waals surface area contributed by atoms with Crippen LogP contribution in [-0.2, 0) is 14.3 Å². The van der Waals surface area contributed by atoms with Crippen LogP contribution in [0.4, 0.5) is 5.69 Å². The molecule has 0 unspecified atom stereocenters. The van der Waals surface area contributed by atoms with E-state index >= 15 is 0 Å². The molecule has 8 nitrogen and oxygen atoms in total. The van der Waals surface area contributed by atoms with Crippen LogP contribution >= 0.6 is 11.6 Å². The number of ether oxygens (including phenoxy) is 1. The van der Waals surface area contributed by atoms with E-state index in [2.05, 4.69) is 10.6 Å². The average molecular weight is 446 g/mol. The van der Waals surface area contributed by atoms with E-state index < -0.39 is 23.8 Å². The topological polar surface area (TPSA) is 128 Å². The predicted octanol–water partition coefficient (Wildman–Crippen LogP) is 2.28. The molecule has 0 saturated heterocycles. The van der Waals surface area contributed by atoms with Crippen LogP contribution in [0.3, 0.4) is 0 Å². The van der Waals surface area contributed by atoms with Gasteiger partial charge in [-0.05, 0) is 43.2 Å². The predicted molar refractivity (Wildman–Crippen MR) is 117 cm³/mol. The number of esters is 1. The first-order chi connectivity index (χ1) is 14.7. The molecule has 164 valence electrons. The highest BCUT2D eigenvalue weighted by Crippen LogP contribution is 2.19. The van der Waals surface area contributed by atoms with Crippen molar-refractivity contribution in [2.75, 3.05) is 19.4 Å². The molecule has 0 radical (unpaired) electrons. The molecule has 2 aromatic carbocycles. The van der Waals surface area contributed by atoms with Crippen LogP contribution < -0.4 is 16.4 Å². The number of hydrogen-bond donors (Lipinski definition) is 3. The Labute approximate surface area is 185 Å². The monoisotopic (exact) mass is 445 g/mol. The number of halogens is 1. The van der Waals surface area contributed by atoms with Gasteiger partial charge in [0.05, 0.1) is 24.2 Å². The summed E-state index contributed by atoms with van der Waals surface area (Å²) in [6.07, 6.45) is -0.0480. The zero-order chi connectivity index (χ0) is 23.0. The summed E-state index contributed by atoms with van der Waals surface area (Å²) in [5.41, 5.74) is 7.31. The van der Waals surface area contributed by atoms with Crippen molar-refractivity contribution in [3.05, 3.63) is 64.2 Å². The SMILES string of the molecule is COC(=O)[C@H](CCC(=O)CNC(=O)c1cccc(N)c1)NC(=O)c1c(C)cccc1Cl. The number of nitrogens with one attached hydrogen (secondary N) is 2. The van der Waals surface area contributed by atoms with E-state index in [1.807, 2.05) is 0 Å². The van der Waals surface area contributed by atoms with E-state index in [0.29, 0.717) is 16.8 Å². The van der Waals surface area contributed by atoms with Crippen LogP contribution in [0.15, 0.2) is 42.5 Å². The Bertz CT molecular complexity index is 973. The van der Waals surface area contributed by atoms with Gasteiger partial charge in [-0.3, -0.25) is 14.4 Å². The van der Waals surface area contributed by atoms with Crippen LogP contribution in [0, 0.1) is 6.92 Å². The Balaban J connectivity index is 1.94. The lowest BCUT2D eigenvalue weighted by Gasteiger charge is -2.17. The van der Waals surface area contributed by atoms with Crippen molar-refractivity contribution in [2.45, 2.75) is 25.8 Å². The number of anilines is 1. The summed E-state index contributed by atoms with van der Waals surface area (Å²) in [6, 6.07) is 10.3. The van der Waals surface area contributed by atoms with Crippen molar-refractivity contribution >= 4 is 40.9 Å². The summed E-state index contributed by atoms with van der Waals surface area (Å²) in [5.74, 6) is -1.97. The van der Waals surface area contributed by atoms with E-state index in [1.165, 1.54) is 13.2 Å². The average Bonchev–Trinajstić information content (AvgIpc) is 2.74. The molecule has 0 fully saturated rings. The molecule has 1 atom stereocenters. The molecule has 0 spiro atoms. The fourth-order valence-electron chi connectivity index (χ4n) is 2.90. The highest BCUT2D eigenvalue weighted by Gasteiger charge is 2.25. The molecule has 2 amide bonds. The molecule has 2 rings (SSSR count). The Hall–Kier alpha value is -3.39. The Morgan fingerprint density at radius 2 is 1.81 bits per heavy atom. The zero-order valence-corrected chi connectivity index (χ0v) is 18.0. The summed E-state index contributed by atoms with van der Waals surface area (Å²) < 4.78 is 4.73. The Morgan fingerprint density at radius 3 is 2.45 bits per heavy atom. The van der Waals surface area contributed by atoms with Crippen molar-refractivity contribution in [2.24, 2.45) is 0 Å². The molecule has 0 aliphatic rings. The van der Waals surface area contributed by atoms with E-state index in [1.54, 1.807) is 43.3 Å². The second kappa shape index (κ2) is 11.1. The number of carbonyl (C=O) groups excluding carboxylic acids is 4. The maximum Gasteiger partial charge on any atom is 0.328 e. The van der Waals surface area contributed by atoms with Gasteiger partial charge in [0.25, 0.3) is 11.8 Å². The van der Waals surface area contributed by atoms with Gasteiger partial charge in [-0.25, -0.2) is 4.79 Å². The van der Waals surface area contributed by atoms with Crippen molar-refractivity contribution in [3.63, 3.8) is 0 Å². The Kier molecular flexibility index (Phi) is 8.57. The van der Waals surface area contributed by atoms with Gasteiger partial charge in [0.2, 0.25) is 0 Å². The van der Waals surface area contributed by atoms with Crippen molar-refractivity contribution < 1.29 is 23.9 Å². The molecule has 0 saturated carbocycles. The summed E-state index contributed by atoms with van der Waals surface area (Å²) in [5, 5.41) is 5.33. The Morgan fingerprint density at radius 1 is 1.10 bits per heavy atom. The number of nitrogen functional groups attached to an aromatic ring is 1. The quantitative estimate of drug-likeness (QED) is 0.401. The van der Waals surface area contributed by atoms with Crippen LogP contribution in [0.5, 0.6) is 0 Å². The van der Waals surface area contributed by atoms with Crippen LogP contribution in [0.25, 0.3) is 0 Å². The lowest BCUT2D eigenvalue weighted by Crippen LogP contribution is -2.42. The maximum absolute atomic E-state index is 12.6. The fourth-order valence-corrected chi connectivity index (χ4v) is 3.20. The molecule has 0 bridgehead atoms. The molecular formula is C22H24ClN3O5. The summed E-state index contributed by atoms with van der Waals surface area (Å²) >= 11 is 6.10. The number of amides is 2. The third kappa shape index (κ3) is 6.82. The number of aryl methyl sites for hydroxylation is 1. The second-order valence-electron chi connectivity index (χ2n) is 6.87. The molecule has 0 heterocycles. The number of methoxy groups -OCH3 is 1. The van der Waals surface area contributed by atoms with Crippen molar-refractivity contribution in [1.29, 1.82) is 0 Å². The normalized spacial score (nSPS) is 11.3. The minimum Gasteiger partial charge on any atom is -0.467 e. The first-order valence-corrected chi connectivity index (χ1v) is 9.90. The first kappa shape index (κ1) is 23.9. The number of hydrogen-bond acceptors (Lipinski definition) is 6. The molecule has 9 heteroatoms. The van der Waals surface area contributed by atoms with E-state index in [9.17, 15) is 19.2 Å². The molecule has 4 N–H and O–H groups in total. The minimum atomic E-state index is -1.04. The third-order valence-electron chi connectivity index (χ3n) is 4.55. The van der Waals surface area contributed by atoms with Gasteiger partial charge in [-0.15, -0.1) is 0 Å². The highest BCUT2D eigenvalue weighted by molar-refractivity contribution is 6.34. The smallest absolute Gasteiger partial charge is 0.328 e. The summed E-state index contributed by atoms with van der Waals surface area (Å²) in [4.78, 5) is 49.0. The van der Waals surface area contributed by atoms with E-state index in [4.69, 9.17) is 22.1 Å². The maximum atomic E-state index is 12.6. The molecular weight excluding hydrogens is 422 g/mol. The first-order valence-electron chi connectivity index (χ1n) is 9.52. The minimum absolute atomic E-state index is 0.00883. The number of rotatable bonds is 9. The van der Waals surface area contributed by atoms with Gasteiger partial charge >= 0.3 is 5.97 Å². The number of nitrogens with two attached hydrogens (primary N) is 1. The van der Waals surface area contributed by atoms with E-state index in [-0.39, 0.29) is 35.8 Å². The number of Topliss-reactive ketones (excluding diaryl/α,β-unsaturated/α-hetero) is 1. The van der Waals surface area contributed by atoms with Gasteiger partial charge in [-0.2, -0.15) is 0 Å². The van der Waals surface area contributed by atoms with Crippen LogP contribution in [0.2, 0.25) is 5.02 Å². The summed E-state index contributed by atoms with van der Waals surface area (Å²) in [6.45, 7) is 1.50. The van der Waals surface area contributed by atoms with Gasteiger partial charge in [-0.1, -0.05) is 29.8 Å². The van der Waals surface area contributed by atoms with Gasteiger partial charge in [0.1, 0.15) is 6.04 Å². The van der Waals surface area contributed by atoms with Crippen LogP contribution in [-0.4, -0.2) is 43.3 Å². The highest BCUT2D eigenvalue weighted by atomic mass is 35.5. The van der Waals surface area contributed by atoms with Gasteiger partial charge in [0, 0.05) is 17.7 Å². The lowest BCUT2D eigenvalue weighted by atomic mass is 10.1. The molecule has 2 aromatic rings.